The molecule has 0 bridgehead atoms. The van der Waals surface area contributed by atoms with Crippen molar-refractivity contribution in [1.82, 2.24) is 4.90 Å². The summed E-state index contributed by atoms with van der Waals surface area (Å²) in [7, 11) is 0. The third kappa shape index (κ3) is 8.35. The minimum absolute atomic E-state index is 0.0744. The molecule has 5 heteroatoms. The fourth-order valence-corrected chi connectivity index (χ4v) is 3.65. The first-order valence-corrected chi connectivity index (χ1v) is 11.5. The van der Waals surface area contributed by atoms with Crippen molar-refractivity contribution < 1.29 is 14.3 Å². The molecule has 1 aliphatic heterocycles. The van der Waals surface area contributed by atoms with Crippen LogP contribution in [-0.2, 0) is 9.53 Å². The van der Waals surface area contributed by atoms with E-state index in [1.165, 1.54) is 32.4 Å². The summed E-state index contributed by atoms with van der Waals surface area (Å²) in [5, 5.41) is 3.01. The Hall–Kier alpha value is -1.59. The Morgan fingerprint density at radius 2 is 1.76 bits per heavy atom. The summed E-state index contributed by atoms with van der Waals surface area (Å²) in [5.41, 5.74) is -0.00572. The van der Waals surface area contributed by atoms with Crippen molar-refractivity contribution in [2.45, 2.75) is 77.7 Å². The lowest BCUT2D eigenvalue weighted by Gasteiger charge is -2.28. The summed E-state index contributed by atoms with van der Waals surface area (Å²) < 4.78 is 11.8. The SMILES string of the molecule is CCCCC(C)(OCCC)C(=O)Nc1ccc(OCCCN2CCCCC2)cc1. The molecule has 1 atom stereocenters. The fourth-order valence-electron chi connectivity index (χ4n) is 3.65. The third-order valence-corrected chi connectivity index (χ3v) is 5.56. The van der Waals surface area contributed by atoms with E-state index in [1.54, 1.807) is 0 Å². The van der Waals surface area contributed by atoms with Crippen LogP contribution in [0.4, 0.5) is 5.69 Å². The number of nitrogens with one attached hydrogen (secondary N) is 1. The highest BCUT2D eigenvalue weighted by atomic mass is 16.5. The van der Waals surface area contributed by atoms with E-state index < -0.39 is 5.60 Å². The van der Waals surface area contributed by atoms with Crippen LogP contribution >= 0.6 is 0 Å². The molecule has 0 spiro atoms. The lowest BCUT2D eigenvalue weighted by molar-refractivity contribution is -0.140. The molecule has 164 valence electrons. The summed E-state index contributed by atoms with van der Waals surface area (Å²) in [6.45, 7) is 11.0. The van der Waals surface area contributed by atoms with Gasteiger partial charge < -0.3 is 19.7 Å². The van der Waals surface area contributed by atoms with Gasteiger partial charge in [-0.3, -0.25) is 4.79 Å². The van der Waals surface area contributed by atoms with Gasteiger partial charge in [0, 0.05) is 18.8 Å². The molecule has 1 aromatic rings. The zero-order chi connectivity index (χ0) is 21.0. The van der Waals surface area contributed by atoms with E-state index in [-0.39, 0.29) is 5.91 Å². The Kier molecular flexibility index (Phi) is 10.5. The molecule has 0 radical (unpaired) electrons. The highest BCUT2D eigenvalue weighted by Gasteiger charge is 2.33. The van der Waals surface area contributed by atoms with Crippen LogP contribution in [0.25, 0.3) is 0 Å². The second-order valence-electron chi connectivity index (χ2n) is 8.27. The Morgan fingerprint density at radius 1 is 1.03 bits per heavy atom. The number of anilines is 1. The van der Waals surface area contributed by atoms with Crippen molar-refractivity contribution in [3.8, 4) is 5.75 Å². The number of piperidine rings is 1. The molecular formula is C24H40N2O3. The Morgan fingerprint density at radius 3 is 2.41 bits per heavy atom. The van der Waals surface area contributed by atoms with E-state index in [4.69, 9.17) is 9.47 Å². The summed E-state index contributed by atoms with van der Waals surface area (Å²) in [6, 6.07) is 7.65. The topological polar surface area (TPSA) is 50.8 Å². The molecule has 0 aromatic heterocycles. The standard InChI is InChI=1S/C24H40N2O3/c1-4-6-15-24(3,29-19-5-2)23(27)25-21-11-13-22(14-12-21)28-20-10-18-26-16-8-7-9-17-26/h11-14H,4-10,15-20H2,1-3H3,(H,25,27). The minimum atomic E-state index is -0.782. The van der Waals surface area contributed by atoms with Crippen molar-refractivity contribution in [2.24, 2.45) is 0 Å². The van der Waals surface area contributed by atoms with Crippen molar-refractivity contribution >= 4 is 11.6 Å². The minimum Gasteiger partial charge on any atom is -0.494 e. The molecule has 0 aliphatic carbocycles. The van der Waals surface area contributed by atoms with E-state index in [1.807, 2.05) is 31.2 Å². The number of amides is 1. The number of nitrogens with zero attached hydrogens (tertiary/aromatic N) is 1. The number of carbonyl (C=O) groups excluding carboxylic acids is 1. The number of hydrogen-bond acceptors (Lipinski definition) is 4. The third-order valence-electron chi connectivity index (χ3n) is 5.56. The molecule has 1 N–H and O–H groups in total. The molecule has 1 amide bonds. The van der Waals surface area contributed by atoms with Crippen molar-refractivity contribution in [2.75, 3.05) is 38.2 Å². The molecular weight excluding hydrogens is 364 g/mol. The zero-order valence-electron chi connectivity index (χ0n) is 18.7. The normalized spacial score (nSPS) is 16.9. The molecule has 1 saturated heterocycles. The number of unbranched alkanes of at least 4 members (excludes halogenated alkanes) is 1. The predicted octanol–water partition coefficient (Wildman–Crippen LogP) is 5.26. The van der Waals surface area contributed by atoms with E-state index >= 15 is 0 Å². The van der Waals surface area contributed by atoms with Gasteiger partial charge in [-0.1, -0.05) is 33.1 Å². The summed E-state index contributed by atoms with van der Waals surface area (Å²) >= 11 is 0. The number of benzene rings is 1. The monoisotopic (exact) mass is 404 g/mol. The van der Waals surface area contributed by atoms with Gasteiger partial charge in [-0.05, 0) is 76.4 Å². The molecule has 29 heavy (non-hydrogen) atoms. The Bertz CT molecular complexity index is 574. The fraction of sp³-hybridized carbons (Fsp3) is 0.708. The summed E-state index contributed by atoms with van der Waals surface area (Å²) in [5.74, 6) is 0.771. The number of hydrogen-bond donors (Lipinski definition) is 1. The van der Waals surface area contributed by atoms with Gasteiger partial charge in [0.05, 0.1) is 6.61 Å². The highest BCUT2D eigenvalue weighted by molar-refractivity contribution is 5.97. The van der Waals surface area contributed by atoms with Crippen LogP contribution in [0.2, 0.25) is 0 Å². The highest BCUT2D eigenvalue weighted by Crippen LogP contribution is 2.23. The molecule has 1 fully saturated rings. The van der Waals surface area contributed by atoms with Crippen LogP contribution in [0.5, 0.6) is 5.75 Å². The molecule has 1 aromatic carbocycles. The van der Waals surface area contributed by atoms with Gasteiger partial charge in [0.15, 0.2) is 0 Å². The smallest absolute Gasteiger partial charge is 0.256 e. The quantitative estimate of drug-likeness (QED) is 0.456. The van der Waals surface area contributed by atoms with Crippen LogP contribution in [0.1, 0.15) is 72.1 Å². The van der Waals surface area contributed by atoms with Gasteiger partial charge in [-0.15, -0.1) is 0 Å². The van der Waals surface area contributed by atoms with E-state index in [0.29, 0.717) is 6.61 Å². The zero-order valence-corrected chi connectivity index (χ0v) is 18.7. The van der Waals surface area contributed by atoms with Gasteiger partial charge in [0.2, 0.25) is 0 Å². The maximum atomic E-state index is 12.8. The van der Waals surface area contributed by atoms with Crippen LogP contribution in [0.3, 0.4) is 0 Å². The average Bonchev–Trinajstić information content (AvgIpc) is 2.75. The first kappa shape index (κ1) is 23.7. The van der Waals surface area contributed by atoms with Crippen LogP contribution in [0.15, 0.2) is 24.3 Å². The van der Waals surface area contributed by atoms with Gasteiger partial charge in [-0.25, -0.2) is 0 Å². The van der Waals surface area contributed by atoms with Crippen LogP contribution < -0.4 is 10.1 Å². The van der Waals surface area contributed by atoms with E-state index in [0.717, 1.165) is 56.7 Å². The van der Waals surface area contributed by atoms with Crippen molar-refractivity contribution in [1.29, 1.82) is 0 Å². The number of likely N-dealkylation sites (tertiary alicyclic amines) is 1. The number of rotatable bonds is 13. The molecule has 1 unspecified atom stereocenters. The first-order chi connectivity index (χ1) is 14.1. The van der Waals surface area contributed by atoms with Crippen molar-refractivity contribution in [3.63, 3.8) is 0 Å². The molecule has 5 nitrogen and oxygen atoms in total. The van der Waals surface area contributed by atoms with Gasteiger partial charge in [-0.2, -0.15) is 0 Å². The second-order valence-corrected chi connectivity index (χ2v) is 8.27. The Balaban J connectivity index is 1.78. The van der Waals surface area contributed by atoms with E-state index in [9.17, 15) is 4.79 Å². The van der Waals surface area contributed by atoms with Crippen molar-refractivity contribution in [3.05, 3.63) is 24.3 Å². The molecule has 2 rings (SSSR count). The van der Waals surface area contributed by atoms with Crippen LogP contribution in [0, 0.1) is 0 Å². The van der Waals surface area contributed by atoms with Gasteiger partial charge >= 0.3 is 0 Å². The maximum absolute atomic E-state index is 12.8. The summed E-state index contributed by atoms with van der Waals surface area (Å²) in [4.78, 5) is 15.3. The second kappa shape index (κ2) is 12.9. The average molecular weight is 405 g/mol. The largest absolute Gasteiger partial charge is 0.494 e. The van der Waals surface area contributed by atoms with Gasteiger partial charge in [0.1, 0.15) is 11.4 Å². The van der Waals surface area contributed by atoms with Crippen LogP contribution in [-0.4, -0.2) is 49.3 Å². The molecule has 1 heterocycles. The lowest BCUT2D eigenvalue weighted by Crippen LogP contribution is -2.43. The first-order valence-electron chi connectivity index (χ1n) is 11.5. The lowest BCUT2D eigenvalue weighted by atomic mass is 9.97. The molecule has 0 saturated carbocycles. The maximum Gasteiger partial charge on any atom is 0.256 e. The number of carbonyl (C=O) groups is 1. The predicted molar refractivity (Wildman–Crippen MR) is 120 cm³/mol. The summed E-state index contributed by atoms with van der Waals surface area (Å²) in [6.07, 6.45) is 8.72. The molecule has 1 aliphatic rings. The van der Waals surface area contributed by atoms with E-state index in [2.05, 4.69) is 24.1 Å². The number of ether oxygens (including phenoxy) is 2. The Labute approximate surface area is 177 Å². The van der Waals surface area contributed by atoms with Gasteiger partial charge in [0.25, 0.3) is 5.91 Å².